The molecule has 1 aromatic rings. The minimum Gasteiger partial charge on any atom is -0.313 e. The lowest BCUT2D eigenvalue weighted by Crippen LogP contribution is -2.48. The molecule has 1 saturated heterocycles. The molecule has 1 aliphatic rings. The van der Waals surface area contributed by atoms with Crippen molar-refractivity contribution < 1.29 is 0 Å². The van der Waals surface area contributed by atoms with Crippen molar-refractivity contribution in [2.75, 3.05) is 13.1 Å². The van der Waals surface area contributed by atoms with Gasteiger partial charge in [-0.05, 0) is 44.7 Å². The van der Waals surface area contributed by atoms with Crippen LogP contribution in [0.15, 0.2) is 30.3 Å². The van der Waals surface area contributed by atoms with Crippen molar-refractivity contribution in [3.05, 3.63) is 35.9 Å². The molecule has 2 heteroatoms. The summed E-state index contributed by atoms with van der Waals surface area (Å²) in [5.41, 5.74) is 1.46. The van der Waals surface area contributed by atoms with Crippen molar-refractivity contribution in [2.24, 2.45) is 5.92 Å². The van der Waals surface area contributed by atoms with Crippen LogP contribution in [0.1, 0.15) is 58.6 Å². The highest BCUT2D eigenvalue weighted by atomic mass is 15.2. The molecule has 0 saturated carbocycles. The molecule has 1 N–H and O–H groups in total. The van der Waals surface area contributed by atoms with E-state index in [2.05, 4.69) is 68.2 Å². The van der Waals surface area contributed by atoms with Crippen molar-refractivity contribution >= 4 is 0 Å². The minimum atomic E-state index is 0.509. The van der Waals surface area contributed by atoms with Gasteiger partial charge in [-0.1, -0.05) is 50.6 Å². The summed E-state index contributed by atoms with van der Waals surface area (Å²) < 4.78 is 0. The van der Waals surface area contributed by atoms with E-state index in [1.165, 1.54) is 31.4 Å². The summed E-state index contributed by atoms with van der Waals surface area (Å²) in [6.45, 7) is 11.7. The van der Waals surface area contributed by atoms with Gasteiger partial charge in [0.05, 0.1) is 0 Å². The summed E-state index contributed by atoms with van der Waals surface area (Å²) >= 11 is 0. The maximum absolute atomic E-state index is 3.71. The number of piperidine rings is 1. The van der Waals surface area contributed by atoms with Crippen LogP contribution in [0.2, 0.25) is 0 Å². The van der Waals surface area contributed by atoms with Crippen LogP contribution in [0.3, 0.4) is 0 Å². The number of rotatable bonds is 6. The third-order valence-electron chi connectivity index (χ3n) is 4.64. The Morgan fingerprint density at radius 3 is 2.33 bits per heavy atom. The van der Waals surface area contributed by atoms with E-state index in [4.69, 9.17) is 0 Å². The predicted octanol–water partition coefficient (Wildman–Crippen LogP) is 4.24. The van der Waals surface area contributed by atoms with Crippen molar-refractivity contribution in [3.63, 3.8) is 0 Å². The van der Waals surface area contributed by atoms with Crippen molar-refractivity contribution in [2.45, 2.75) is 65.1 Å². The molecule has 2 rings (SSSR count). The zero-order valence-electron chi connectivity index (χ0n) is 14.2. The second-order valence-corrected chi connectivity index (χ2v) is 7.04. The highest BCUT2D eigenvalue weighted by Crippen LogP contribution is 2.30. The lowest BCUT2D eigenvalue weighted by Gasteiger charge is -2.41. The fourth-order valence-electron chi connectivity index (χ4n) is 3.59. The lowest BCUT2D eigenvalue weighted by atomic mass is 9.92. The predicted molar refractivity (Wildman–Crippen MR) is 91.5 cm³/mol. The van der Waals surface area contributed by atoms with E-state index < -0.39 is 0 Å². The van der Waals surface area contributed by atoms with Gasteiger partial charge in [0.25, 0.3) is 0 Å². The molecule has 0 aliphatic carbocycles. The molecule has 0 amide bonds. The third-order valence-corrected chi connectivity index (χ3v) is 4.64. The fraction of sp³-hybridized carbons (Fsp3) is 0.684. The van der Waals surface area contributed by atoms with Crippen LogP contribution < -0.4 is 5.32 Å². The molecular weight excluding hydrogens is 256 g/mol. The van der Waals surface area contributed by atoms with E-state index in [0.717, 1.165) is 6.54 Å². The molecule has 1 aliphatic heterocycles. The Morgan fingerprint density at radius 1 is 1.10 bits per heavy atom. The van der Waals surface area contributed by atoms with Crippen LogP contribution in [0.25, 0.3) is 0 Å². The molecule has 2 atom stereocenters. The summed E-state index contributed by atoms with van der Waals surface area (Å²) in [6, 6.07) is 12.8. The Bertz CT molecular complexity index is 393. The first-order valence-corrected chi connectivity index (χ1v) is 8.63. The summed E-state index contributed by atoms with van der Waals surface area (Å²) in [5.74, 6) is 0.624. The monoisotopic (exact) mass is 288 g/mol. The number of hydrogen-bond acceptors (Lipinski definition) is 2. The van der Waals surface area contributed by atoms with E-state index >= 15 is 0 Å². The first-order chi connectivity index (χ1) is 10.1. The van der Waals surface area contributed by atoms with E-state index in [1.54, 1.807) is 0 Å². The van der Waals surface area contributed by atoms with Crippen molar-refractivity contribution in [3.8, 4) is 0 Å². The summed E-state index contributed by atoms with van der Waals surface area (Å²) in [7, 11) is 0. The Morgan fingerprint density at radius 2 is 1.81 bits per heavy atom. The average molecular weight is 288 g/mol. The summed E-state index contributed by atoms with van der Waals surface area (Å²) in [6.07, 6.45) is 4.04. The molecule has 0 radical (unpaired) electrons. The van der Waals surface area contributed by atoms with Crippen molar-refractivity contribution in [1.82, 2.24) is 10.2 Å². The SMILES string of the molecule is CC(C)C(c1ccccc1)N(CC1CCCCN1)C(C)C. The smallest absolute Gasteiger partial charge is 0.0374 e. The van der Waals surface area contributed by atoms with E-state index in [0.29, 0.717) is 24.0 Å². The lowest BCUT2D eigenvalue weighted by molar-refractivity contribution is 0.0984. The third kappa shape index (κ3) is 4.55. The first-order valence-electron chi connectivity index (χ1n) is 8.63. The molecule has 21 heavy (non-hydrogen) atoms. The highest BCUT2D eigenvalue weighted by Gasteiger charge is 2.28. The van der Waals surface area contributed by atoms with Gasteiger partial charge in [0.15, 0.2) is 0 Å². The van der Waals surface area contributed by atoms with Crippen molar-refractivity contribution in [1.29, 1.82) is 0 Å². The van der Waals surface area contributed by atoms with Gasteiger partial charge in [-0.3, -0.25) is 4.90 Å². The molecule has 0 bridgehead atoms. The van der Waals surface area contributed by atoms with E-state index in [1.807, 2.05) is 0 Å². The van der Waals surface area contributed by atoms with Crippen LogP contribution in [0, 0.1) is 5.92 Å². The van der Waals surface area contributed by atoms with E-state index in [-0.39, 0.29) is 0 Å². The molecule has 2 nitrogen and oxygen atoms in total. The number of nitrogens with one attached hydrogen (secondary N) is 1. The molecule has 2 unspecified atom stereocenters. The second-order valence-electron chi connectivity index (χ2n) is 7.04. The highest BCUT2D eigenvalue weighted by molar-refractivity contribution is 5.20. The Balaban J connectivity index is 2.16. The van der Waals surface area contributed by atoms with Gasteiger partial charge < -0.3 is 5.32 Å². The van der Waals surface area contributed by atoms with Crippen LogP contribution in [0.5, 0.6) is 0 Å². The molecule has 1 heterocycles. The normalized spacial score (nSPS) is 21.2. The average Bonchev–Trinajstić information content (AvgIpc) is 2.48. The molecule has 0 aromatic heterocycles. The Labute approximate surface area is 130 Å². The van der Waals surface area contributed by atoms with Crippen LogP contribution in [-0.4, -0.2) is 30.1 Å². The maximum atomic E-state index is 3.71. The van der Waals surface area contributed by atoms with Crippen LogP contribution in [-0.2, 0) is 0 Å². The van der Waals surface area contributed by atoms with Crippen LogP contribution >= 0.6 is 0 Å². The van der Waals surface area contributed by atoms with Gasteiger partial charge in [-0.25, -0.2) is 0 Å². The number of hydrogen-bond donors (Lipinski definition) is 1. The summed E-state index contributed by atoms with van der Waals surface area (Å²) in [5, 5.41) is 3.71. The van der Waals surface area contributed by atoms with Crippen LogP contribution in [0.4, 0.5) is 0 Å². The molecule has 118 valence electrons. The fourth-order valence-corrected chi connectivity index (χ4v) is 3.59. The minimum absolute atomic E-state index is 0.509. The van der Waals surface area contributed by atoms with Gasteiger partial charge in [0.1, 0.15) is 0 Å². The largest absolute Gasteiger partial charge is 0.313 e. The summed E-state index contributed by atoms with van der Waals surface area (Å²) in [4.78, 5) is 2.70. The van der Waals surface area contributed by atoms with Gasteiger partial charge in [-0.15, -0.1) is 0 Å². The molecule has 1 aromatic carbocycles. The maximum Gasteiger partial charge on any atom is 0.0374 e. The Kier molecular flexibility index (Phi) is 6.25. The number of benzene rings is 1. The molecule has 0 spiro atoms. The standard InChI is InChI=1S/C19H32N2/c1-15(2)19(17-10-6-5-7-11-17)21(16(3)4)14-18-12-8-9-13-20-18/h5-7,10-11,15-16,18-20H,8-9,12-14H2,1-4H3. The number of nitrogens with zero attached hydrogens (tertiary/aromatic N) is 1. The van der Waals surface area contributed by atoms with Gasteiger partial charge in [0, 0.05) is 24.7 Å². The van der Waals surface area contributed by atoms with Gasteiger partial charge >= 0.3 is 0 Å². The molecular formula is C19H32N2. The van der Waals surface area contributed by atoms with Gasteiger partial charge in [-0.2, -0.15) is 0 Å². The van der Waals surface area contributed by atoms with Gasteiger partial charge in [0.2, 0.25) is 0 Å². The topological polar surface area (TPSA) is 15.3 Å². The zero-order valence-corrected chi connectivity index (χ0v) is 14.2. The molecule has 1 fully saturated rings. The van der Waals surface area contributed by atoms with E-state index in [9.17, 15) is 0 Å². The quantitative estimate of drug-likeness (QED) is 0.842. The Hall–Kier alpha value is -0.860. The zero-order chi connectivity index (χ0) is 15.2. The second kappa shape index (κ2) is 7.95. The first kappa shape index (κ1) is 16.5.